The van der Waals surface area contributed by atoms with Crippen molar-refractivity contribution in [2.45, 2.75) is 6.10 Å². The van der Waals surface area contributed by atoms with E-state index in [1.807, 2.05) is 0 Å². The van der Waals surface area contributed by atoms with E-state index >= 15 is 0 Å². The molecule has 0 saturated heterocycles. The van der Waals surface area contributed by atoms with Gasteiger partial charge in [0.15, 0.2) is 11.6 Å². The second-order valence-electron chi connectivity index (χ2n) is 3.00. The summed E-state index contributed by atoms with van der Waals surface area (Å²) in [7, 11) is 1.59. The molecule has 0 aromatic heterocycles. The number of nitrogens with one attached hydrogen (secondary N) is 1. The maximum absolute atomic E-state index is 13.0. The van der Waals surface area contributed by atoms with E-state index in [1.54, 1.807) is 7.05 Å². The van der Waals surface area contributed by atoms with Gasteiger partial charge in [-0.25, -0.2) is 8.78 Å². The van der Waals surface area contributed by atoms with Gasteiger partial charge in [0.1, 0.15) is 5.75 Å². The van der Waals surface area contributed by atoms with Crippen LogP contribution >= 0.6 is 15.9 Å². The van der Waals surface area contributed by atoms with Crippen LogP contribution in [0.15, 0.2) is 10.5 Å². The molecule has 1 unspecified atom stereocenters. The second kappa shape index (κ2) is 4.87. The summed E-state index contributed by atoms with van der Waals surface area (Å²) in [5.74, 6) is -2.78. The number of likely N-dealkylation sites (N-methyl/N-ethyl adjacent to an activating group) is 1. The van der Waals surface area contributed by atoms with Crippen LogP contribution in [-0.2, 0) is 0 Å². The Morgan fingerprint density at radius 3 is 2.67 bits per heavy atom. The fourth-order valence-electron chi connectivity index (χ4n) is 1.16. The van der Waals surface area contributed by atoms with Crippen LogP contribution < -0.4 is 5.32 Å². The zero-order valence-corrected chi connectivity index (χ0v) is 9.48. The summed E-state index contributed by atoms with van der Waals surface area (Å²) in [6.07, 6.45) is -1.10. The molecule has 0 saturated carbocycles. The molecule has 1 atom stereocenters. The van der Waals surface area contributed by atoms with Gasteiger partial charge in [0, 0.05) is 12.1 Å². The molecule has 0 amide bonds. The molecular weight excluding hydrogens is 272 g/mol. The maximum Gasteiger partial charge on any atom is 0.176 e. The summed E-state index contributed by atoms with van der Waals surface area (Å²) in [6.45, 7) is 0.130. The standard InChI is InChI=1S/C9H10BrF2NO2/c1-13-3-6(14)4-2-5(11)8(12)7(10)9(4)15/h2,6,13-15H,3H2,1H3. The van der Waals surface area contributed by atoms with Gasteiger partial charge in [0.25, 0.3) is 0 Å². The Bertz CT molecular complexity index is 374. The predicted octanol–water partition coefficient (Wildman–Crippen LogP) is 1.69. The van der Waals surface area contributed by atoms with Crippen molar-refractivity contribution in [2.75, 3.05) is 13.6 Å². The summed E-state index contributed by atoms with van der Waals surface area (Å²) >= 11 is 2.70. The molecule has 1 rings (SSSR count). The van der Waals surface area contributed by atoms with Crippen LogP contribution in [0, 0.1) is 11.6 Å². The average Bonchev–Trinajstić information content (AvgIpc) is 2.20. The molecule has 0 heterocycles. The lowest BCUT2D eigenvalue weighted by Gasteiger charge is -2.13. The first-order valence-corrected chi connectivity index (χ1v) is 4.97. The van der Waals surface area contributed by atoms with E-state index in [0.29, 0.717) is 0 Å². The van der Waals surface area contributed by atoms with E-state index in [4.69, 9.17) is 0 Å². The Balaban J connectivity index is 3.19. The number of hydrogen-bond acceptors (Lipinski definition) is 3. The molecule has 0 radical (unpaired) electrons. The number of phenolic OH excluding ortho intramolecular Hbond substituents is 1. The van der Waals surface area contributed by atoms with Crippen molar-refractivity contribution in [1.82, 2.24) is 5.32 Å². The van der Waals surface area contributed by atoms with E-state index in [0.717, 1.165) is 6.07 Å². The Morgan fingerprint density at radius 2 is 2.13 bits per heavy atom. The van der Waals surface area contributed by atoms with Crippen LogP contribution in [0.3, 0.4) is 0 Å². The Morgan fingerprint density at radius 1 is 1.53 bits per heavy atom. The van der Waals surface area contributed by atoms with Gasteiger partial charge < -0.3 is 15.5 Å². The van der Waals surface area contributed by atoms with Gasteiger partial charge >= 0.3 is 0 Å². The first-order chi connectivity index (χ1) is 6.99. The highest BCUT2D eigenvalue weighted by Crippen LogP contribution is 2.35. The fourth-order valence-corrected chi connectivity index (χ4v) is 1.58. The summed E-state index contributed by atoms with van der Waals surface area (Å²) in [5.41, 5.74) is -0.0601. The van der Waals surface area contributed by atoms with E-state index < -0.39 is 23.5 Å². The maximum atomic E-state index is 13.0. The zero-order chi connectivity index (χ0) is 11.6. The molecule has 3 nitrogen and oxygen atoms in total. The van der Waals surface area contributed by atoms with Gasteiger partial charge in [-0.2, -0.15) is 0 Å². The minimum Gasteiger partial charge on any atom is -0.506 e. The molecule has 0 aliphatic heterocycles. The van der Waals surface area contributed by atoms with E-state index in [1.165, 1.54) is 0 Å². The van der Waals surface area contributed by atoms with Crippen molar-refractivity contribution in [1.29, 1.82) is 0 Å². The second-order valence-corrected chi connectivity index (χ2v) is 3.79. The molecule has 1 aromatic carbocycles. The highest BCUT2D eigenvalue weighted by atomic mass is 79.9. The molecule has 6 heteroatoms. The van der Waals surface area contributed by atoms with Crippen LogP contribution in [0.2, 0.25) is 0 Å². The molecule has 0 fully saturated rings. The van der Waals surface area contributed by atoms with Gasteiger partial charge in [0.2, 0.25) is 0 Å². The van der Waals surface area contributed by atoms with E-state index in [2.05, 4.69) is 21.2 Å². The Kier molecular flexibility index (Phi) is 4.01. The fraction of sp³-hybridized carbons (Fsp3) is 0.333. The molecular formula is C9H10BrF2NO2. The number of hydrogen-bond donors (Lipinski definition) is 3. The summed E-state index contributed by atoms with van der Waals surface area (Å²) < 4.78 is 25.5. The van der Waals surface area contributed by atoms with Crippen molar-refractivity contribution in [3.8, 4) is 5.75 Å². The van der Waals surface area contributed by atoms with E-state index in [-0.39, 0.29) is 16.6 Å². The van der Waals surface area contributed by atoms with Crippen LogP contribution in [-0.4, -0.2) is 23.8 Å². The SMILES string of the molecule is CNCC(O)c1cc(F)c(F)c(Br)c1O. The minimum absolute atomic E-state index is 0.0601. The van der Waals surface area contributed by atoms with Gasteiger partial charge in [-0.15, -0.1) is 0 Å². The highest BCUT2D eigenvalue weighted by Gasteiger charge is 2.20. The number of rotatable bonds is 3. The quantitative estimate of drug-likeness (QED) is 0.739. The topological polar surface area (TPSA) is 52.5 Å². The number of benzene rings is 1. The minimum atomic E-state index is -1.17. The van der Waals surface area contributed by atoms with Gasteiger partial charge in [0.05, 0.1) is 10.6 Å². The summed E-state index contributed by atoms with van der Waals surface area (Å²) in [5, 5.41) is 21.6. The van der Waals surface area contributed by atoms with Crippen LogP contribution in [0.25, 0.3) is 0 Å². The number of phenols is 1. The molecule has 84 valence electrons. The summed E-state index contributed by atoms with van der Waals surface area (Å²) in [4.78, 5) is 0. The predicted molar refractivity (Wildman–Crippen MR) is 54.6 cm³/mol. The van der Waals surface area contributed by atoms with Crippen molar-refractivity contribution in [3.05, 3.63) is 27.7 Å². The molecule has 1 aromatic rings. The number of halogens is 3. The van der Waals surface area contributed by atoms with Crippen molar-refractivity contribution in [2.24, 2.45) is 0 Å². The first kappa shape index (κ1) is 12.4. The van der Waals surface area contributed by atoms with Crippen molar-refractivity contribution < 1.29 is 19.0 Å². The van der Waals surface area contributed by atoms with Crippen LogP contribution in [0.1, 0.15) is 11.7 Å². The van der Waals surface area contributed by atoms with Gasteiger partial charge in [-0.1, -0.05) is 0 Å². The first-order valence-electron chi connectivity index (χ1n) is 4.18. The lowest BCUT2D eigenvalue weighted by atomic mass is 10.1. The lowest BCUT2D eigenvalue weighted by molar-refractivity contribution is 0.173. The van der Waals surface area contributed by atoms with Crippen molar-refractivity contribution in [3.63, 3.8) is 0 Å². The normalized spacial score (nSPS) is 12.9. The number of aromatic hydroxyl groups is 1. The zero-order valence-electron chi connectivity index (χ0n) is 7.89. The third-order valence-corrected chi connectivity index (χ3v) is 2.65. The number of aliphatic hydroxyl groups is 1. The van der Waals surface area contributed by atoms with Crippen molar-refractivity contribution >= 4 is 15.9 Å². The average molecular weight is 282 g/mol. The molecule has 0 aliphatic carbocycles. The number of aliphatic hydroxyl groups excluding tert-OH is 1. The molecule has 0 spiro atoms. The largest absolute Gasteiger partial charge is 0.506 e. The Labute approximate surface area is 93.9 Å². The van der Waals surface area contributed by atoms with Gasteiger partial charge in [-0.05, 0) is 29.0 Å². The van der Waals surface area contributed by atoms with E-state index in [9.17, 15) is 19.0 Å². The van der Waals surface area contributed by atoms with Crippen LogP contribution in [0.5, 0.6) is 5.75 Å². The smallest absolute Gasteiger partial charge is 0.176 e. The Hall–Kier alpha value is -0.720. The highest BCUT2D eigenvalue weighted by molar-refractivity contribution is 9.10. The molecule has 15 heavy (non-hydrogen) atoms. The third kappa shape index (κ3) is 2.45. The monoisotopic (exact) mass is 281 g/mol. The lowest BCUT2D eigenvalue weighted by Crippen LogP contribution is -2.17. The third-order valence-electron chi connectivity index (χ3n) is 1.92. The molecule has 0 bridgehead atoms. The molecule has 3 N–H and O–H groups in total. The molecule has 0 aliphatic rings. The van der Waals surface area contributed by atoms with Gasteiger partial charge in [-0.3, -0.25) is 0 Å². The van der Waals surface area contributed by atoms with Crippen LogP contribution in [0.4, 0.5) is 8.78 Å². The summed E-state index contributed by atoms with van der Waals surface area (Å²) in [6, 6.07) is 0.775.